The molecule has 1 fully saturated rings. The fraction of sp³-hybridized carbons (Fsp3) is 0.714. The summed E-state index contributed by atoms with van der Waals surface area (Å²) < 4.78 is 30.6. The number of rotatable bonds is 8. The minimum atomic E-state index is -3.12. The second kappa shape index (κ2) is 6.69. The summed E-state index contributed by atoms with van der Waals surface area (Å²) in [7, 11) is 0. The zero-order valence-electron chi connectivity index (χ0n) is 12.9. The van der Waals surface area contributed by atoms with Gasteiger partial charge in [-0.15, -0.1) is 0 Å². The quantitative estimate of drug-likeness (QED) is 0.737. The highest BCUT2D eigenvalue weighted by atomic mass is 19.3. The number of hydrogen-bond acceptors (Lipinski definition) is 5. The van der Waals surface area contributed by atoms with Gasteiger partial charge in [0.05, 0.1) is 6.04 Å². The van der Waals surface area contributed by atoms with Crippen LogP contribution in [0.2, 0.25) is 0 Å². The van der Waals surface area contributed by atoms with Crippen LogP contribution in [0.4, 0.5) is 8.78 Å². The molecule has 128 valence electrons. The van der Waals surface area contributed by atoms with Crippen LogP contribution in [-0.2, 0) is 4.79 Å². The Balaban J connectivity index is 1.97. The third-order valence-corrected chi connectivity index (χ3v) is 3.52. The molecule has 1 saturated carbocycles. The van der Waals surface area contributed by atoms with Gasteiger partial charge >= 0.3 is 0 Å². The first-order valence-corrected chi connectivity index (χ1v) is 7.48. The van der Waals surface area contributed by atoms with E-state index in [-0.39, 0.29) is 18.2 Å². The molecule has 0 saturated heterocycles. The van der Waals surface area contributed by atoms with Crippen LogP contribution in [0, 0.1) is 0 Å². The Labute approximate surface area is 132 Å². The Hall–Kier alpha value is -1.90. The highest BCUT2D eigenvalue weighted by molar-refractivity contribution is 5.99. The standard InChI is InChI=1S/C14H19F2N4O3/c1-3-9(18-12(22)8(17)6-14(2,15)16)10(21)13-19-11(20-23-13)7-4-5-7/h7-9,17H,3-6H2,1-2H3,(H,18,22)/q-1/t8-,9-/m0/s1. The number of Topliss-reactive ketones (excluding diaryl/α,β-unsaturated/α-hetero) is 1. The van der Waals surface area contributed by atoms with E-state index in [9.17, 15) is 18.4 Å². The van der Waals surface area contributed by atoms with Crippen molar-refractivity contribution in [3.63, 3.8) is 0 Å². The molecule has 0 aromatic carbocycles. The first-order chi connectivity index (χ1) is 10.7. The van der Waals surface area contributed by atoms with E-state index >= 15 is 0 Å². The number of nitrogens with zero attached hydrogens (tertiary/aromatic N) is 2. The summed E-state index contributed by atoms with van der Waals surface area (Å²) >= 11 is 0. The van der Waals surface area contributed by atoms with Gasteiger partial charge < -0.3 is 15.6 Å². The molecule has 23 heavy (non-hydrogen) atoms. The molecule has 1 aromatic heterocycles. The fourth-order valence-corrected chi connectivity index (χ4v) is 2.07. The molecule has 2 atom stereocenters. The van der Waals surface area contributed by atoms with Gasteiger partial charge in [0.2, 0.25) is 17.6 Å². The fourth-order valence-electron chi connectivity index (χ4n) is 2.07. The zero-order valence-corrected chi connectivity index (χ0v) is 12.9. The largest absolute Gasteiger partial charge is 0.667 e. The van der Waals surface area contributed by atoms with Gasteiger partial charge in [0.15, 0.2) is 5.82 Å². The van der Waals surface area contributed by atoms with Crippen molar-refractivity contribution in [2.75, 3.05) is 0 Å². The minimum Gasteiger partial charge on any atom is -0.667 e. The second-order valence-electron chi connectivity index (χ2n) is 5.89. The summed E-state index contributed by atoms with van der Waals surface area (Å²) in [6.45, 7) is 2.29. The Morgan fingerprint density at radius 1 is 1.48 bits per heavy atom. The molecule has 2 N–H and O–H groups in total. The van der Waals surface area contributed by atoms with E-state index in [1.165, 1.54) is 0 Å². The topological polar surface area (TPSA) is 109 Å². The van der Waals surface area contributed by atoms with Gasteiger partial charge in [-0.1, -0.05) is 18.1 Å². The lowest BCUT2D eigenvalue weighted by Gasteiger charge is -2.25. The Morgan fingerprint density at radius 2 is 2.13 bits per heavy atom. The van der Waals surface area contributed by atoms with Crippen molar-refractivity contribution in [2.45, 2.75) is 63.5 Å². The normalized spacial score (nSPS) is 17.6. The maximum absolute atomic E-state index is 12.9. The molecule has 1 aliphatic rings. The molecule has 2 rings (SSSR count). The lowest BCUT2D eigenvalue weighted by molar-refractivity contribution is -0.123. The number of ketones is 1. The zero-order chi connectivity index (χ0) is 17.2. The molecule has 0 unspecified atom stereocenters. The summed E-state index contributed by atoms with van der Waals surface area (Å²) in [6.07, 6.45) is 1.22. The third kappa shape index (κ3) is 4.78. The number of nitrogens with one attached hydrogen (secondary N) is 2. The maximum atomic E-state index is 12.9. The summed E-state index contributed by atoms with van der Waals surface area (Å²) in [5.74, 6) is -4.13. The van der Waals surface area contributed by atoms with Crippen molar-refractivity contribution in [1.82, 2.24) is 15.5 Å². The van der Waals surface area contributed by atoms with Gasteiger partial charge in [-0.3, -0.25) is 9.59 Å². The molecule has 0 bridgehead atoms. The highest BCUT2D eigenvalue weighted by Crippen LogP contribution is 2.38. The average Bonchev–Trinajstić information content (AvgIpc) is 3.19. The van der Waals surface area contributed by atoms with Crippen molar-refractivity contribution in [3.8, 4) is 0 Å². The lowest BCUT2D eigenvalue weighted by atomic mass is 10.1. The van der Waals surface area contributed by atoms with Crippen LogP contribution in [0.1, 0.15) is 62.0 Å². The van der Waals surface area contributed by atoms with Gasteiger partial charge in [0.25, 0.3) is 5.89 Å². The molecule has 1 aromatic rings. The molecule has 0 radical (unpaired) electrons. The number of alkyl halides is 2. The van der Waals surface area contributed by atoms with Crippen LogP contribution in [0.3, 0.4) is 0 Å². The van der Waals surface area contributed by atoms with E-state index in [1.807, 2.05) is 0 Å². The van der Waals surface area contributed by atoms with E-state index < -0.39 is 36.1 Å². The average molecular weight is 329 g/mol. The van der Waals surface area contributed by atoms with Crippen molar-refractivity contribution in [3.05, 3.63) is 17.4 Å². The Bertz CT molecular complexity index is 581. The van der Waals surface area contributed by atoms with E-state index in [0.717, 1.165) is 12.8 Å². The number of amides is 1. The second-order valence-corrected chi connectivity index (χ2v) is 5.89. The first kappa shape index (κ1) is 17.5. The number of halogens is 2. The van der Waals surface area contributed by atoms with Gasteiger partial charge in [0.1, 0.15) is 0 Å². The molecule has 9 heteroatoms. The summed E-state index contributed by atoms with van der Waals surface area (Å²) in [5, 5.41) is 6.03. The Kier molecular flexibility index (Phi) is 5.08. The minimum absolute atomic E-state index is 0.207. The summed E-state index contributed by atoms with van der Waals surface area (Å²) in [5.41, 5.74) is 7.46. The first-order valence-electron chi connectivity index (χ1n) is 7.48. The molecular formula is C14H19F2N4O3-. The predicted molar refractivity (Wildman–Crippen MR) is 76.2 cm³/mol. The van der Waals surface area contributed by atoms with E-state index in [2.05, 4.69) is 15.5 Å². The third-order valence-electron chi connectivity index (χ3n) is 3.52. The lowest BCUT2D eigenvalue weighted by Crippen LogP contribution is -2.45. The molecule has 7 nitrogen and oxygen atoms in total. The van der Waals surface area contributed by atoms with Crippen LogP contribution in [-0.4, -0.2) is 39.8 Å². The van der Waals surface area contributed by atoms with Crippen LogP contribution in [0.25, 0.3) is 5.73 Å². The number of hydrogen-bond donors (Lipinski definition) is 1. The predicted octanol–water partition coefficient (Wildman–Crippen LogP) is 2.49. The smallest absolute Gasteiger partial charge is 0.296 e. The number of carbonyl (C=O) groups excluding carboxylic acids is 2. The Morgan fingerprint density at radius 3 is 2.65 bits per heavy atom. The maximum Gasteiger partial charge on any atom is 0.296 e. The van der Waals surface area contributed by atoms with Crippen molar-refractivity contribution in [1.29, 1.82) is 0 Å². The van der Waals surface area contributed by atoms with Gasteiger partial charge in [-0.25, -0.2) is 8.78 Å². The number of aromatic nitrogens is 2. The SMILES string of the molecule is CC[C@H](NC(=O)[C@@H]([NH-])CC(C)(F)F)C(=O)c1nc(C2CC2)no1. The van der Waals surface area contributed by atoms with Crippen molar-refractivity contribution in [2.24, 2.45) is 0 Å². The van der Waals surface area contributed by atoms with Crippen LogP contribution in [0.15, 0.2) is 4.52 Å². The molecule has 0 aliphatic heterocycles. The molecule has 0 spiro atoms. The highest BCUT2D eigenvalue weighted by Gasteiger charge is 2.32. The van der Waals surface area contributed by atoms with Crippen LogP contribution < -0.4 is 5.32 Å². The molecular weight excluding hydrogens is 310 g/mol. The summed E-state index contributed by atoms with van der Waals surface area (Å²) in [4.78, 5) is 28.1. The summed E-state index contributed by atoms with van der Waals surface area (Å²) in [6, 6.07) is -2.63. The number of carbonyl (C=O) groups is 2. The van der Waals surface area contributed by atoms with Crippen LogP contribution in [0.5, 0.6) is 0 Å². The van der Waals surface area contributed by atoms with Crippen molar-refractivity contribution < 1.29 is 22.9 Å². The molecule has 1 aliphatic carbocycles. The van der Waals surface area contributed by atoms with Gasteiger partial charge in [-0.05, 0) is 26.2 Å². The van der Waals surface area contributed by atoms with E-state index in [1.54, 1.807) is 6.92 Å². The molecule has 1 heterocycles. The van der Waals surface area contributed by atoms with Crippen LogP contribution >= 0.6 is 0 Å². The monoisotopic (exact) mass is 329 g/mol. The van der Waals surface area contributed by atoms with Gasteiger partial charge in [0, 0.05) is 12.3 Å². The van der Waals surface area contributed by atoms with Gasteiger partial charge in [-0.2, -0.15) is 4.98 Å². The van der Waals surface area contributed by atoms with E-state index in [4.69, 9.17) is 10.3 Å². The van der Waals surface area contributed by atoms with Crippen molar-refractivity contribution >= 4 is 11.7 Å². The van der Waals surface area contributed by atoms with E-state index in [0.29, 0.717) is 12.7 Å². The molecule has 1 amide bonds.